The van der Waals surface area contributed by atoms with Crippen molar-refractivity contribution in [1.29, 1.82) is 0 Å². The van der Waals surface area contributed by atoms with Crippen LogP contribution in [0.25, 0.3) is 0 Å². The van der Waals surface area contributed by atoms with Crippen LogP contribution in [0.5, 0.6) is 0 Å². The molecule has 0 fully saturated rings. The second kappa shape index (κ2) is 5.58. The first-order valence-corrected chi connectivity index (χ1v) is 5.51. The summed E-state index contributed by atoms with van der Waals surface area (Å²) in [6.45, 7) is 1.70. The molecule has 3 N–H and O–H groups in total. The van der Waals surface area contributed by atoms with E-state index in [-0.39, 0.29) is 12.2 Å². The molecule has 0 heterocycles. The van der Waals surface area contributed by atoms with Crippen molar-refractivity contribution in [2.75, 3.05) is 11.9 Å². The molecule has 0 bridgehead atoms. The number of nitrogens with one attached hydrogen (secondary N) is 1. The lowest BCUT2D eigenvalue weighted by atomic mass is 10.1. The molecule has 1 aromatic carbocycles. The summed E-state index contributed by atoms with van der Waals surface area (Å²) < 4.78 is 37.7. The molecular formula is C11H12ClF3N2O. The quantitative estimate of drug-likeness (QED) is 0.894. The van der Waals surface area contributed by atoms with E-state index in [1.54, 1.807) is 6.92 Å². The number of nitrogens with two attached hydrogens (primary N) is 1. The normalized spacial score (nSPS) is 13.2. The highest BCUT2D eigenvalue weighted by Gasteiger charge is 2.33. The fourth-order valence-electron chi connectivity index (χ4n) is 1.19. The zero-order chi connectivity index (χ0) is 13.9. The van der Waals surface area contributed by atoms with Crippen molar-refractivity contribution in [3.63, 3.8) is 0 Å². The molecule has 1 atom stereocenters. The number of alkyl halides is 3. The fourth-order valence-corrected chi connectivity index (χ4v) is 1.42. The molecule has 0 aliphatic heterocycles. The zero-order valence-corrected chi connectivity index (χ0v) is 10.3. The first-order valence-electron chi connectivity index (χ1n) is 5.13. The molecule has 1 rings (SSSR count). The summed E-state index contributed by atoms with van der Waals surface area (Å²) >= 11 is 5.45. The highest BCUT2D eigenvalue weighted by atomic mass is 35.5. The van der Waals surface area contributed by atoms with Crippen LogP contribution in [0.3, 0.4) is 0 Å². The Morgan fingerprint density at radius 2 is 2.11 bits per heavy atom. The van der Waals surface area contributed by atoms with Crippen molar-refractivity contribution >= 4 is 23.2 Å². The van der Waals surface area contributed by atoms with Gasteiger partial charge in [-0.2, -0.15) is 13.2 Å². The molecule has 0 radical (unpaired) electrons. The van der Waals surface area contributed by atoms with Gasteiger partial charge in [-0.25, -0.2) is 0 Å². The van der Waals surface area contributed by atoms with Gasteiger partial charge in [0.25, 0.3) is 0 Å². The molecule has 1 amide bonds. The van der Waals surface area contributed by atoms with Gasteiger partial charge in [-0.3, -0.25) is 4.79 Å². The Kier molecular flexibility index (Phi) is 4.59. The summed E-state index contributed by atoms with van der Waals surface area (Å²) in [4.78, 5) is 11.5. The van der Waals surface area contributed by atoms with Gasteiger partial charge in [-0.1, -0.05) is 18.5 Å². The van der Waals surface area contributed by atoms with Crippen LogP contribution in [-0.2, 0) is 11.0 Å². The number of hydrogen-bond donors (Lipinski definition) is 2. The van der Waals surface area contributed by atoms with Crippen LogP contribution in [0.2, 0.25) is 5.02 Å². The number of anilines is 1. The third-order valence-electron chi connectivity index (χ3n) is 2.34. The van der Waals surface area contributed by atoms with Gasteiger partial charge in [-0.05, 0) is 18.2 Å². The second-order valence-corrected chi connectivity index (χ2v) is 4.23. The summed E-state index contributed by atoms with van der Waals surface area (Å²) in [5.74, 6) is -0.914. The molecular weight excluding hydrogens is 269 g/mol. The van der Waals surface area contributed by atoms with Gasteiger partial charge in [0, 0.05) is 18.2 Å². The van der Waals surface area contributed by atoms with Gasteiger partial charge in [0.1, 0.15) is 0 Å². The summed E-state index contributed by atoms with van der Waals surface area (Å²) in [7, 11) is 0. The predicted molar refractivity (Wildman–Crippen MR) is 63.3 cm³/mol. The SMILES string of the molecule is CC(CN)C(=O)Nc1ccc(Cl)c(C(F)(F)F)c1. The lowest BCUT2D eigenvalue weighted by Gasteiger charge is -2.13. The Morgan fingerprint density at radius 3 is 2.61 bits per heavy atom. The number of amides is 1. The minimum Gasteiger partial charge on any atom is -0.330 e. The fraction of sp³-hybridized carbons (Fsp3) is 0.364. The molecule has 1 unspecified atom stereocenters. The number of halogens is 4. The average molecular weight is 281 g/mol. The maximum atomic E-state index is 12.6. The van der Waals surface area contributed by atoms with E-state index in [4.69, 9.17) is 17.3 Å². The molecule has 0 aliphatic carbocycles. The van der Waals surface area contributed by atoms with Crippen molar-refractivity contribution < 1.29 is 18.0 Å². The Bertz CT molecular complexity index is 448. The first-order chi connectivity index (χ1) is 8.25. The minimum absolute atomic E-state index is 0.0389. The lowest BCUT2D eigenvalue weighted by Crippen LogP contribution is -2.26. The minimum atomic E-state index is -4.56. The summed E-state index contributed by atoms with van der Waals surface area (Å²) in [5.41, 5.74) is 4.34. The molecule has 0 saturated carbocycles. The number of carbonyl (C=O) groups is 1. The van der Waals surface area contributed by atoms with E-state index in [0.29, 0.717) is 0 Å². The average Bonchev–Trinajstić information content (AvgIpc) is 2.29. The maximum Gasteiger partial charge on any atom is 0.417 e. The van der Waals surface area contributed by atoms with Crippen molar-refractivity contribution in [1.82, 2.24) is 0 Å². The Hall–Kier alpha value is -1.27. The van der Waals surface area contributed by atoms with Crippen molar-refractivity contribution in [3.05, 3.63) is 28.8 Å². The third-order valence-corrected chi connectivity index (χ3v) is 2.67. The molecule has 18 heavy (non-hydrogen) atoms. The number of rotatable bonds is 3. The zero-order valence-electron chi connectivity index (χ0n) is 9.51. The largest absolute Gasteiger partial charge is 0.417 e. The number of hydrogen-bond acceptors (Lipinski definition) is 2. The Labute approximate surface area is 107 Å². The van der Waals surface area contributed by atoms with Crippen LogP contribution < -0.4 is 11.1 Å². The summed E-state index contributed by atoms with van der Waals surface area (Å²) in [5, 5.41) is 1.94. The maximum absolute atomic E-state index is 12.6. The molecule has 0 saturated heterocycles. The van der Waals surface area contributed by atoms with E-state index in [2.05, 4.69) is 5.32 Å². The van der Waals surface area contributed by atoms with E-state index in [9.17, 15) is 18.0 Å². The summed E-state index contributed by atoms with van der Waals surface area (Å²) in [6, 6.07) is 3.19. The highest BCUT2D eigenvalue weighted by molar-refractivity contribution is 6.31. The van der Waals surface area contributed by atoms with Crippen LogP contribution in [0.1, 0.15) is 12.5 Å². The van der Waals surface area contributed by atoms with Crippen LogP contribution >= 0.6 is 11.6 Å². The van der Waals surface area contributed by atoms with Crippen LogP contribution in [0, 0.1) is 5.92 Å². The number of carbonyl (C=O) groups excluding carboxylic acids is 1. The van der Waals surface area contributed by atoms with E-state index < -0.39 is 28.6 Å². The van der Waals surface area contributed by atoms with Gasteiger partial charge >= 0.3 is 6.18 Å². The highest BCUT2D eigenvalue weighted by Crippen LogP contribution is 2.36. The van der Waals surface area contributed by atoms with E-state index >= 15 is 0 Å². The monoisotopic (exact) mass is 280 g/mol. The first kappa shape index (κ1) is 14.8. The van der Waals surface area contributed by atoms with Crippen LogP contribution in [0.4, 0.5) is 18.9 Å². The van der Waals surface area contributed by atoms with Crippen molar-refractivity contribution in [2.45, 2.75) is 13.1 Å². The lowest BCUT2D eigenvalue weighted by molar-refractivity contribution is -0.137. The second-order valence-electron chi connectivity index (χ2n) is 3.82. The molecule has 1 aromatic rings. The molecule has 3 nitrogen and oxygen atoms in total. The molecule has 0 aromatic heterocycles. The van der Waals surface area contributed by atoms with E-state index in [1.807, 2.05) is 0 Å². The number of benzene rings is 1. The van der Waals surface area contributed by atoms with Crippen LogP contribution in [-0.4, -0.2) is 12.5 Å². The van der Waals surface area contributed by atoms with Gasteiger partial charge < -0.3 is 11.1 Å². The topological polar surface area (TPSA) is 55.1 Å². The van der Waals surface area contributed by atoms with E-state index in [1.165, 1.54) is 6.07 Å². The molecule has 0 aliphatic rings. The van der Waals surface area contributed by atoms with Gasteiger partial charge in [0.15, 0.2) is 0 Å². The van der Waals surface area contributed by atoms with Crippen LogP contribution in [0.15, 0.2) is 18.2 Å². The Morgan fingerprint density at radius 1 is 1.50 bits per heavy atom. The van der Waals surface area contributed by atoms with Gasteiger partial charge in [0.2, 0.25) is 5.91 Å². The standard InChI is InChI=1S/C11H12ClF3N2O/c1-6(5-16)10(18)17-7-2-3-9(12)8(4-7)11(13,14)15/h2-4,6H,5,16H2,1H3,(H,17,18). The Balaban J connectivity index is 2.96. The third kappa shape index (κ3) is 3.61. The van der Waals surface area contributed by atoms with E-state index in [0.717, 1.165) is 12.1 Å². The van der Waals surface area contributed by atoms with Gasteiger partial charge in [-0.15, -0.1) is 0 Å². The molecule has 100 valence electrons. The van der Waals surface area contributed by atoms with Gasteiger partial charge in [0.05, 0.1) is 10.6 Å². The predicted octanol–water partition coefficient (Wildman–Crippen LogP) is 2.89. The molecule has 7 heteroatoms. The smallest absolute Gasteiger partial charge is 0.330 e. The summed E-state index contributed by atoms with van der Waals surface area (Å²) in [6.07, 6.45) is -4.56. The van der Waals surface area contributed by atoms with Crippen molar-refractivity contribution in [2.24, 2.45) is 11.7 Å². The molecule has 0 spiro atoms. The van der Waals surface area contributed by atoms with Crippen molar-refractivity contribution in [3.8, 4) is 0 Å².